The largest absolute Gasteiger partial charge is 0.768 e. The third kappa shape index (κ3) is 1.38. The highest BCUT2D eigenvalue weighted by Crippen LogP contribution is 2.27. The molecule has 0 radical (unpaired) electrons. The van der Waals surface area contributed by atoms with Gasteiger partial charge in [0.2, 0.25) is 10.0 Å². The fourth-order valence-electron chi connectivity index (χ4n) is 1.38. The third-order valence-electron chi connectivity index (χ3n) is 1.96. The van der Waals surface area contributed by atoms with Gasteiger partial charge in [-0.15, -0.1) is 0 Å². The van der Waals surface area contributed by atoms with Crippen LogP contribution < -0.4 is 4.72 Å². The summed E-state index contributed by atoms with van der Waals surface area (Å²) < 4.78 is 46.6. The molecule has 76 valence electrons. The molecule has 0 aliphatic carbocycles. The summed E-state index contributed by atoms with van der Waals surface area (Å²) in [5, 5.41) is 0. The summed E-state index contributed by atoms with van der Waals surface area (Å²) >= 11 is -2.53. The minimum absolute atomic E-state index is 0.117. The van der Waals surface area contributed by atoms with Gasteiger partial charge in [-0.2, -0.15) is 0 Å². The topological polar surface area (TPSA) is 86.3 Å². The highest BCUT2D eigenvalue weighted by molar-refractivity contribution is 7.90. The van der Waals surface area contributed by atoms with Crippen LogP contribution in [0.25, 0.3) is 0 Å². The zero-order valence-electron chi connectivity index (χ0n) is 6.89. The van der Waals surface area contributed by atoms with E-state index in [-0.39, 0.29) is 16.3 Å². The molecular formula is C7H6NO4S2-. The van der Waals surface area contributed by atoms with E-state index in [1.54, 1.807) is 6.07 Å². The second kappa shape index (κ2) is 3.13. The highest BCUT2D eigenvalue weighted by atomic mass is 32.2. The first-order valence-corrected chi connectivity index (χ1v) is 6.29. The first-order valence-electron chi connectivity index (χ1n) is 3.73. The molecule has 1 aromatic carbocycles. The van der Waals surface area contributed by atoms with Gasteiger partial charge in [-0.25, -0.2) is 13.1 Å². The van der Waals surface area contributed by atoms with E-state index in [0.29, 0.717) is 5.56 Å². The van der Waals surface area contributed by atoms with Crippen molar-refractivity contribution in [3.63, 3.8) is 0 Å². The van der Waals surface area contributed by atoms with Gasteiger partial charge in [-0.3, -0.25) is 4.21 Å². The zero-order chi connectivity index (χ0) is 10.3. The van der Waals surface area contributed by atoms with Crippen molar-refractivity contribution < 1.29 is 17.2 Å². The van der Waals surface area contributed by atoms with Gasteiger partial charge in [0.05, 0.1) is 0 Å². The smallest absolute Gasteiger partial charge is 0.242 e. The number of sulfonamides is 1. The molecular weight excluding hydrogens is 226 g/mol. The molecule has 1 N–H and O–H groups in total. The number of benzene rings is 1. The van der Waals surface area contributed by atoms with Crippen LogP contribution in [0.4, 0.5) is 0 Å². The molecule has 14 heavy (non-hydrogen) atoms. The van der Waals surface area contributed by atoms with Crippen LogP contribution in [0.3, 0.4) is 0 Å². The Morgan fingerprint density at radius 3 is 2.79 bits per heavy atom. The van der Waals surface area contributed by atoms with Crippen molar-refractivity contribution in [3.8, 4) is 0 Å². The van der Waals surface area contributed by atoms with Gasteiger partial charge in [-0.1, -0.05) is 12.1 Å². The molecule has 0 saturated carbocycles. The second-order valence-electron chi connectivity index (χ2n) is 2.80. The molecule has 7 heteroatoms. The molecule has 0 saturated heterocycles. The lowest BCUT2D eigenvalue weighted by atomic mass is 10.2. The lowest BCUT2D eigenvalue weighted by Crippen LogP contribution is -2.15. The van der Waals surface area contributed by atoms with Crippen LogP contribution in [0.2, 0.25) is 0 Å². The molecule has 1 aliphatic heterocycles. The van der Waals surface area contributed by atoms with Gasteiger partial charge in [0.15, 0.2) is 0 Å². The summed E-state index contributed by atoms with van der Waals surface area (Å²) in [6.07, 6.45) is 0. The van der Waals surface area contributed by atoms with Gasteiger partial charge < -0.3 is 4.55 Å². The summed E-state index contributed by atoms with van der Waals surface area (Å²) in [6, 6.07) is 4.38. The van der Waals surface area contributed by atoms with E-state index in [9.17, 15) is 17.2 Å². The van der Waals surface area contributed by atoms with Crippen LogP contribution in [0.1, 0.15) is 5.56 Å². The van der Waals surface area contributed by atoms with Crippen molar-refractivity contribution >= 4 is 21.1 Å². The number of nitrogens with one attached hydrogen (secondary N) is 1. The first kappa shape index (κ1) is 9.78. The summed E-state index contributed by atoms with van der Waals surface area (Å²) in [6.45, 7) is 0.155. The van der Waals surface area contributed by atoms with E-state index in [1.165, 1.54) is 12.1 Å². The Morgan fingerprint density at radius 2 is 2.14 bits per heavy atom. The van der Waals surface area contributed by atoms with Crippen LogP contribution in [0, 0.1) is 0 Å². The van der Waals surface area contributed by atoms with E-state index in [0.717, 1.165) is 0 Å². The number of hydrogen-bond acceptors (Lipinski definition) is 4. The average Bonchev–Trinajstić information content (AvgIpc) is 2.43. The van der Waals surface area contributed by atoms with Gasteiger partial charge in [0, 0.05) is 11.4 Å². The molecule has 1 aromatic rings. The number of fused-ring (bicyclic) bond motifs is 1. The summed E-state index contributed by atoms with van der Waals surface area (Å²) in [5.74, 6) is 0. The molecule has 0 aromatic heterocycles. The van der Waals surface area contributed by atoms with E-state index in [1.807, 2.05) is 0 Å². The summed E-state index contributed by atoms with van der Waals surface area (Å²) in [5.41, 5.74) is 0.492. The predicted octanol–water partition coefficient (Wildman–Crippen LogP) is -0.284. The van der Waals surface area contributed by atoms with E-state index in [2.05, 4.69) is 4.72 Å². The van der Waals surface area contributed by atoms with Crippen molar-refractivity contribution in [1.82, 2.24) is 4.72 Å². The SMILES string of the molecule is O=S([O-])c1cccc2c1S(=O)(=O)NC2. The van der Waals surface area contributed by atoms with E-state index in [4.69, 9.17) is 0 Å². The molecule has 5 nitrogen and oxygen atoms in total. The van der Waals surface area contributed by atoms with Gasteiger partial charge in [0.1, 0.15) is 4.90 Å². The van der Waals surface area contributed by atoms with Gasteiger partial charge in [0.25, 0.3) is 0 Å². The van der Waals surface area contributed by atoms with Crippen LogP contribution in [-0.2, 0) is 27.6 Å². The summed E-state index contributed by atoms with van der Waals surface area (Å²) in [7, 11) is -3.62. The molecule has 0 spiro atoms. The van der Waals surface area contributed by atoms with Crippen molar-refractivity contribution in [2.75, 3.05) is 0 Å². The first-order chi connectivity index (χ1) is 6.52. The minimum atomic E-state index is -3.62. The average molecular weight is 232 g/mol. The van der Waals surface area contributed by atoms with E-state index < -0.39 is 21.1 Å². The summed E-state index contributed by atoms with van der Waals surface area (Å²) in [4.78, 5) is -0.291. The molecule has 1 atom stereocenters. The fraction of sp³-hybridized carbons (Fsp3) is 0.143. The number of rotatable bonds is 1. The molecule has 0 amide bonds. The van der Waals surface area contributed by atoms with Crippen molar-refractivity contribution in [1.29, 1.82) is 0 Å². The fourth-order valence-corrected chi connectivity index (χ4v) is 3.70. The standard InChI is InChI=1S/C7H7NO4S2/c9-13(10)6-3-1-2-5-4-8-14(11,12)7(5)6/h1-3,8H,4H2,(H,9,10)/p-1. The van der Waals surface area contributed by atoms with Crippen LogP contribution in [0.5, 0.6) is 0 Å². The predicted molar refractivity (Wildman–Crippen MR) is 47.7 cm³/mol. The molecule has 0 bridgehead atoms. The Hall–Kier alpha value is -0.760. The molecule has 1 aliphatic rings. The zero-order valence-corrected chi connectivity index (χ0v) is 8.52. The van der Waals surface area contributed by atoms with Crippen LogP contribution in [-0.4, -0.2) is 17.2 Å². The second-order valence-corrected chi connectivity index (χ2v) is 5.42. The Morgan fingerprint density at radius 1 is 1.43 bits per heavy atom. The third-order valence-corrected chi connectivity index (χ3v) is 4.33. The van der Waals surface area contributed by atoms with Crippen molar-refractivity contribution in [2.45, 2.75) is 16.3 Å². The Bertz CT molecular complexity index is 508. The highest BCUT2D eigenvalue weighted by Gasteiger charge is 2.28. The monoisotopic (exact) mass is 232 g/mol. The lowest BCUT2D eigenvalue weighted by molar-refractivity contribution is 0.533. The molecule has 2 rings (SSSR count). The van der Waals surface area contributed by atoms with Gasteiger partial charge >= 0.3 is 0 Å². The van der Waals surface area contributed by atoms with Crippen molar-refractivity contribution in [3.05, 3.63) is 23.8 Å². The Labute approximate surface area is 83.5 Å². The van der Waals surface area contributed by atoms with Crippen LogP contribution >= 0.6 is 0 Å². The molecule has 1 heterocycles. The quantitative estimate of drug-likeness (QED) is 0.674. The Balaban J connectivity index is 2.79. The normalized spacial score (nSPS) is 20.4. The van der Waals surface area contributed by atoms with Gasteiger partial charge in [-0.05, 0) is 22.7 Å². The van der Waals surface area contributed by atoms with Crippen molar-refractivity contribution in [2.24, 2.45) is 0 Å². The van der Waals surface area contributed by atoms with Crippen LogP contribution in [0.15, 0.2) is 28.0 Å². The molecule has 1 unspecified atom stereocenters. The maximum Gasteiger partial charge on any atom is 0.242 e. The lowest BCUT2D eigenvalue weighted by Gasteiger charge is -2.08. The minimum Gasteiger partial charge on any atom is -0.768 e. The number of hydrogen-bond donors (Lipinski definition) is 1. The maximum atomic E-state index is 11.4. The Kier molecular flexibility index (Phi) is 2.18. The van der Waals surface area contributed by atoms with E-state index >= 15 is 0 Å². The maximum absolute atomic E-state index is 11.4. The molecule has 0 fully saturated rings.